The third-order valence-corrected chi connectivity index (χ3v) is 4.56. The SMILES string of the molecule is O=S(=O)(NCCn1ccnc1)c1ccc(CCCO)cc1. The summed E-state index contributed by atoms with van der Waals surface area (Å²) in [6, 6.07) is 6.73. The number of benzene rings is 1. The molecular weight excluding hydrogens is 290 g/mol. The van der Waals surface area contributed by atoms with Crippen molar-refractivity contribution in [3.8, 4) is 0 Å². The molecule has 0 atom stereocenters. The quantitative estimate of drug-likeness (QED) is 0.755. The van der Waals surface area contributed by atoms with Crippen molar-refractivity contribution in [3.63, 3.8) is 0 Å². The molecule has 7 heteroatoms. The van der Waals surface area contributed by atoms with E-state index in [0.29, 0.717) is 19.5 Å². The minimum atomic E-state index is -3.48. The molecule has 2 N–H and O–H groups in total. The molecule has 2 rings (SSSR count). The fraction of sp³-hybridized carbons (Fsp3) is 0.357. The average Bonchev–Trinajstić information content (AvgIpc) is 2.98. The maximum absolute atomic E-state index is 12.1. The van der Waals surface area contributed by atoms with Gasteiger partial charge in [0.05, 0.1) is 11.2 Å². The van der Waals surface area contributed by atoms with Crippen LogP contribution in [0.2, 0.25) is 0 Å². The van der Waals surface area contributed by atoms with E-state index in [2.05, 4.69) is 9.71 Å². The van der Waals surface area contributed by atoms with Gasteiger partial charge in [0.15, 0.2) is 0 Å². The number of aryl methyl sites for hydroxylation is 1. The molecule has 1 aromatic carbocycles. The van der Waals surface area contributed by atoms with Crippen LogP contribution in [-0.4, -0.2) is 36.2 Å². The Kier molecular flexibility index (Phi) is 5.49. The Balaban J connectivity index is 1.92. The van der Waals surface area contributed by atoms with E-state index in [1.165, 1.54) is 0 Å². The molecule has 6 nitrogen and oxygen atoms in total. The third-order valence-electron chi connectivity index (χ3n) is 3.08. The lowest BCUT2D eigenvalue weighted by atomic mass is 10.1. The monoisotopic (exact) mass is 309 g/mol. The Hall–Kier alpha value is -1.70. The highest BCUT2D eigenvalue weighted by molar-refractivity contribution is 7.89. The number of hydrogen-bond donors (Lipinski definition) is 2. The van der Waals surface area contributed by atoms with Gasteiger partial charge in [0, 0.05) is 32.1 Å². The van der Waals surface area contributed by atoms with E-state index in [-0.39, 0.29) is 11.5 Å². The minimum Gasteiger partial charge on any atom is -0.396 e. The van der Waals surface area contributed by atoms with Crippen molar-refractivity contribution in [3.05, 3.63) is 48.5 Å². The zero-order valence-corrected chi connectivity index (χ0v) is 12.5. The van der Waals surface area contributed by atoms with Crippen LogP contribution >= 0.6 is 0 Å². The lowest BCUT2D eigenvalue weighted by Crippen LogP contribution is -2.27. The molecule has 0 fully saturated rings. The number of nitrogens with zero attached hydrogens (tertiary/aromatic N) is 2. The van der Waals surface area contributed by atoms with E-state index in [4.69, 9.17) is 5.11 Å². The van der Waals surface area contributed by atoms with Crippen LogP contribution in [0.1, 0.15) is 12.0 Å². The number of aliphatic hydroxyl groups is 1. The van der Waals surface area contributed by atoms with Gasteiger partial charge in [0.25, 0.3) is 0 Å². The molecule has 1 aromatic heterocycles. The van der Waals surface area contributed by atoms with Crippen LogP contribution in [0, 0.1) is 0 Å². The number of imidazole rings is 1. The van der Waals surface area contributed by atoms with Crippen molar-refractivity contribution in [2.24, 2.45) is 0 Å². The maximum Gasteiger partial charge on any atom is 0.240 e. The Morgan fingerprint density at radius 3 is 2.62 bits per heavy atom. The summed E-state index contributed by atoms with van der Waals surface area (Å²) >= 11 is 0. The normalized spacial score (nSPS) is 11.7. The van der Waals surface area contributed by atoms with Crippen molar-refractivity contribution < 1.29 is 13.5 Å². The zero-order valence-electron chi connectivity index (χ0n) is 11.6. The predicted molar refractivity (Wildman–Crippen MR) is 79.3 cm³/mol. The number of hydrogen-bond acceptors (Lipinski definition) is 4. The van der Waals surface area contributed by atoms with Gasteiger partial charge in [-0.05, 0) is 30.5 Å². The van der Waals surface area contributed by atoms with Crippen LogP contribution in [0.3, 0.4) is 0 Å². The average molecular weight is 309 g/mol. The second kappa shape index (κ2) is 7.35. The first-order valence-corrected chi connectivity index (χ1v) is 8.25. The summed E-state index contributed by atoms with van der Waals surface area (Å²) in [5.41, 5.74) is 1.02. The van der Waals surface area contributed by atoms with E-state index in [9.17, 15) is 8.42 Å². The molecule has 21 heavy (non-hydrogen) atoms. The molecule has 0 saturated carbocycles. The second-order valence-corrected chi connectivity index (χ2v) is 6.44. The number of rotatable bonds is 8. The molecule has 2 aromatic rings. The van der Waals surface area contributed by atoms with Crippen LogP contribution < -0.4 is 4.72 Å². The van der Waals surface area contributed by atoms with Crippen LogP contribution in [0.15, 0.2) is 47.9 Å². The van der Waals surface area contributed by atoms with Gasteiger partial charge in [0.2, 0.25) is 10.0 Å². The van der Waals surface area contributed by atoms with Crippen molar-refractivity contribution in [2.75, 3.05) is 13.2 Å². The molecule has 0 unspecified atom stereocenters. The topological polar surface area (TPSA) is 84.2 Å². The van der Waals surface area contributed by atoms with E-state index < -0.39 is 10.0 Å². The molecule has 0 saturated heterocycles. The summed E-state index contributed by atoms with van der Waals surface area (Å²) in [5.74, 6) is 0. The Labute approximate surface area is 124 Å². The second-order valence-electron chi connectivity index (χ2n) is 4.67. The highest BCUT2D eigenvalue weighted by Crippen LogP contribution is 2.11. The number of aliphatic hydroxyl groups excluding tert-OH is 1. The van der Waals surface area contributed by atoms with E-state index >= 15 is 0 Å². The lowest BCUT2D eigenvalue weighted by molar-refractivity contribution is 0.288. The molecule has 0 aliphatic heterocycles. The van der Waals surface area contributed by atoms with E-state index in [0.717, 1.165) is 12.0 Å². The molecular formula is C14H19N3O3S. The lowest BCUT2D eigenvalue weighted by Gasteiger charge is -2.08. The molecule has 0 spiro atoms. The van der Waals surface area contributed by atoms with Gasteiger partial charge in [-0.25, -0.2) is 18.1 Å². The van der Waals surface area contributed by atoms with Gasteiger partial charge in [-0.1, -0.05) is 12.1 Å². The Morgan fingerprint density at radius 2 is 2.00 bits per heavy atom. The summed E-state index contributed by atoms with van der Waals surface area (Å²) in [4.78, 5) is 4.15. The van der Waals surface area contributed by atoms with Gasteiger partial charge in [-0.3, -0.25) is 0 Å². The number of sulfonamides is 1. The summed E-state index contributed by atoms with van der Waals surface area (Å²) in [6.45, 7) is 0.981. The summed E-state index contributed by atoms with van der Waals surface area (Å²) in [7, 11) is -3.48. The highest BCUT2D eigenvalue weighted by atomic mass is 32.2. The molecule has 0 amide bonds. The van der Waals surface area contributed by atoms with Gasteiger partial charge < -0.3 is 9.67 Å². The van der Waals surface area contributed by atoms with Crippen molar-refractivity contribution in [2.45, 2.75) is 24.3 Å². The zero-order chi connectivity index (χ0) is 15.1. The Morgan fingerprint density at radius 1 is 1.24 bits per heavy atom. The summed E-state index contributed by atoms with van der Waals surface area (Å²) in [5, 5.41) is 8.77. The van der Waals surface area contributed by atoms with Gasteiger partial charge >= 0.3 is 0 Å². The van der Waals surface area contributed by atoms with Crippen molar-refractivity contribution in [1.82, 2.24) is 14.3 Å². The summed E-state index contributed by atoms with van der Waals surface area (Å²) in [6.07, 6.45) is 6.49. The van der Waals surface area contributed by atoms with Gasteiger partial charge in [-0.15, -0.1) is 0 Å². The van der Waals surface area contributed by atoms with E-state index in [1.807, 2.05) is 0 Å². The minimum absolute atomic E-state index is 0.135. The number of aromatic nitrogens is 2. The standard InChI is InChI=1S/C14H19N3O3S/c18-11-1-2-13-3-5-14(6-4-13)21(19,20)16-8-10-17-9-7-15-12-17/h3-7,9,12,16,18H,1-2,8,10-11H2. The first-order chi connectivity index (χ1) is 10.1. The molecule has 0 bridgehead atoms. The number of nitrogens with one attached hydrogen (secondary N) is 1. The smallest absolute Gasteiger partial charge is 0.240 e. The highest BCUT2D eigenvalue weighted by Gasteiger charge is 2.12. The molecule has 0 aliphatic rings. The van der Waals surface area contributed by atoms with Gasteiger partial charge in [-0.2, -0.15) is 0 Å². The molecule has 0 radical (unpaired) electrons. The first-order valence-electron chi connectivity index (χ1n) is 6.77. The molecule has 114 valence electrons. The van der Waals surface area contributed by atoms with E-state index in [1.54, 1.807) is 47.6 Å². The molecule has 0 aliphatic carbocycles. The van der Waals surface area contributed by atoms with Gasteiger partial charge in [0.1, 0.15) is 0 Å². The van der Waals surface area contributed by atoms with Crippen LogP contribution in [0.4, 0.5) is 0 Å². The fourth-order valence-electron chi connectivity index (χ4n) is 1.93. The third kappa shape index (κ3) is 4.66. The summed E-state index contributed by atoms with van der Waals surface area (Å²) < 4.78 is 28.6. The van der Waals surface area contributed by atoms with Crippen LogP contribution in [-0.2, 0) is 23.0 Å². The van der Waals surface area contributed by atoms with Crippen LogP contribution in [0.5, 0.6) is 0 Å². The molecule has 1 heterocycles. The maximum atomic E-state index is 12.1. The largest absolute Gasteiger partial charge is 0.396 e. The Bertz CT molecular complexity index is 637. The van der Waals surface area contributed by atoms with Crippen LogP contribution in [0.25, 0.3) is 0 Å². The van der Waals surface area contributed by atoms with Crippen molar-refractivity contribution in [1.29, 1.82) is 0 Å². The fourth-order valence-corrected chi connectivity index (χ4v) is 2.95. The predicted octanol–water partition coefficient (Wildman–Crippen LogP) is 0.786. The van der Waals surface area contributed by atoms with Crippen molar-refractivity contribution >= 4 is 10.0 Å². The first kappa shape index (κ1) is 15.7.